The molecule has 1 amide bonds. The number of rotatable bonds is 7. The van der Waals surface area contributed by atoms with E-state index in [9.17, 15) is 14.9 Å². The number of nitrogens with zero attached hydrogens (tertiary/aromatic N) is 1. The zero-order chi connectivity index (χ0) is 22.5. The van der Waals surface area contributed by atoms with Crippen LogP contribution in [0.4, 0.5) is 11.4 Å². The number of nitro benzene ring substituents is 1. The van der Waals surface area contributed by atoms with E-state index in [0.29, 0.717) is 5.56 Å². The molecule has 0 spiro atoms. The first-order valence-corrected chi connectivity index (χ1v) is 9.91. The molecule has 3 aromatic carbocycles. The molecule has 0 aliphatic heterocycles. The molecule has 31 heavy (non-hydrogen) atoms. The first-order chi connectivity index (χ1) is 14.8. The van der Waals surface area contributed by atoms with Gasteiger partial charge in [-0.1, -0.05) is 36.7 Å². The van der Waals surface area contributed by atoms with Crippen molar-refractivity contribution in [3.05, 3.63) is 86.4 Å². The van der Waals surface area contributed by atoms with Crippen LogP contribution in [-0.4, -0.2) is 17.9 Å². The minimum atomic E-state index is -0.580. The first-order valence-electron chi connectivity index (χ1n) is 9.53. The summed E-state index contributed by atoms with van der Waals surface area (Å²) in [5.41, 5.74) is 2.87. The number of ether oxygens (including phenoxy) is 2. The van der Waals surface area contributed by atoms with Gasteiger partial charge in [0.05, 0.1) is 12.0 Å². The number of hydrogen-bond acceptors (Lipinski definition) is 5. The Balaban J connectivity index is 1.89. The van der Waals surface area contributed by atoms with Crippen LogP contribution in [0.2, 0.25) is 5.02 Å². The molecule has 0 fully saturated rings. The van der Waals surface area contributed by atoms with Gasteiger partial charge in [-0.25, -0.2) is 0 Å². The van der Waals surface area contributed by atoms with E-state index in [4.69, 9.17) is 21.1 Å². The number of methoxy groups -OCH3 is 1. The van der Waals surface area contributed by atoms with Gasteiger partial charge < -0.3 is 14.8 Å². The second-order valence-corrected chi connectivity index (χ2v) is 7.19. The number of hydrogen-bond donors (Lipinski definition) is 1. The molecule has 3 aromatic rings. The molecule has 0 unspecified atom stereocenters. The third kappa shape index (κ3) is 4.95. The van der Waals surface area contributed by atoms with Crippen molar-refractivity contribution in [3.8, 4) is 17.2 Å². The average Bonchev–Trinajstić information content (AvgIpc) is 2.76. The summed E-state index contributed by atoms with van der Waals surface area (Å²) < 4.78 is 11.0. The van der Waals surface area contributed by atoms with Crippen LogP contribution >= 0.6 is 11.6 Å². The molecule has 0 aromatic heterocycles. The summed E-state index contributed by atoms with van der Waals surface area (Å²) in [6.07, 6.45) is 0.785. The summed E-state index contributed by atoms with van der Waals surface area (Å²) in [5, 5.41) is 14.5. The minimum Gasteiger partial charge on any atom is -0.493 e. The van der Waals surface area contributed by atoms with Crippen molar-refractivity contribution in [3.63, 3.8) is 0 Å². The molecular weight excluding hydrogens is 420 g/mol. The zero-order valence-electron chi connectivity index (χ0n) is 17.3. The van der Waals surface area contributed by atoms with E-state index < -0.39 is 4.92 Å². The van der Waals surface area contributed by atoms with Crippen molar-refractivity contribution in [2.75, 3.05) is 12.4 Å². The normalized spacial score (nSPS) is 10.5. The largest absolute Gasteiger partial charge is 0.493 e. The van der Waals surface area contributed by atoms with Gasteiger partial charge in [-0.2, -0.15) is 0 Å². The standard InChI is InChI=1S/C23H21ClN2O5/c1-4-15-7-5-6-14(2)22(15)25-23(27)16-8-10-20(21(12-16)30-3)31-19-11-9-17(24)13-18(19)26(28)29/h5-13H,4H2,1-3H3,(H,25,27). The quantitative estimate of drug-likeness (QED) is 0.350. The van der Waals surface area contributed by atoms with Crippen molar-refractivity contribution in [2.24, 2.45) is 0 Å². The molecule has 0 atom stereocenters. The van der Waals surface area contributed by atoms with Crippen molar-refractivity contribution in [1.29, 1.82) is 0 Å². The minimum absolute atomic E-state index is 0.0115. The van der Waals surface area contributed by atoms with Crippen molar-refractivity contribution >= 4 is 28.9 Å². The van der Waals surface area contributed by atoms with Crippen molar-refractivity contribution < 1.29 is 19.2 Å². The lowest BCUT2D eigenvalue weighted by atomic mass is 10.1. The van der Waals surface area contributed by atoms with Crippen LogP contribution in [0.1, 0.15) is 28.4 Å². The third-order valence-electron chi connectivity index (χ3n) is 4.74. The van der Waals surface area contributed by atoms with Crippen molar-refractivity contribution in [1.82, 2.24) is 0 Å². The topological polar surface area (TPSA) is 90.7 Å². The Labute approximate surface area is 184 Å². The Bertz CT molecular complexity index is 1150. The third-order valence-corrected chi connectivity index (χ3v) is 4.98. The molecule has 0 saturated carbocycles. The highest BCUT2D eigenvalue weighted by Crippen LogP contribution is 2.38. The van der Waals surface area contributed by atoms with E-state index in [1.807, 2.05) is 32.0 Å². The van der Waals surface area contributed by atoms with E-state index in [2.05, 4.69) is 5.32 Å². The fraction of sp³-hybridized carbons (Fsp3) is 0.174. The van der Waals surface area contributed by atoms with Gasteiger partial charge in [-0.05, 0) is 54.8 Å². The molecule has 160 valence electrons. The van der Waals surface area contributed by atoms with Gasteiger partial charge in [-0.15, -0.1) is 0 Å². The summed E-state index contributed by atoms with van der Waals surface area (Å²) in [6.45, 7) is 3.96. The number of anilines is 1. The zero-order valence-corrected chi connectivity index (χ0v) is 18.0. The molecule has 3 rings (SSSR count). The number of nitrogens with one attached hydrogen (secondary N) is 1. The molecule has 8 heteroatoms. The van der Waals surface area contributed by atoms with Gasteiger partial charge in [0.25, 0.3) is 5.91 Å². The van der Waals surface area contributed by atoms with Gasteiger partial charge in [0.15, 0.2) is 11.5 Å². The van der Waals surface area contributed by atoms with Crippen LogP contribution in [0.25, 0.3) is 0 Å². The van der Waals surface area contributed by atoms with E-state index in [-0.39, 0.29) is 33.9 Å². The molecule has 0 radical (unpaired) electrons. The number of carbonyl (C=O) groups is 1. The van der Waals surface area contributed by atoms with E-state index in [0.717, 1.165) is 23.2 Å². The molecule has 0 aliphatic carbocycles. The Morgan fingerprint density at radius 2 is 1.84 bits per heavy atom. The maximum atomic E-state index is 12.8. The smallest absolute Gasteiger partial charge is 0.313 e. The molecule has 1 N–H and O–H groups in total. The monoisotopic (exact) mass is 440 g/mol. The maximum absolute atomic E-state index is 12.8. The SMILES string of the molecule is CCc1cccc(C)c1NC(=O)c1ccc(Oc2ccc(Cl)cc2[N+](=O)[O-])c(OC)c1. The molecule has 7 nitrogen and oxygen atoms in total. The second kappa shape index (κ2) is 9.49. The second-order valence-electron chi connectivity index (χ2n) is 6.75. The van der Waals surface area contributed by atoms with Gasteiger partial charge >= 0.3 is 5.69 Å². The highest BCUT2D eigenvalue weighted by Gasteiger charge is 2.19. The van der Waals surface area contributed by atoms with Gasteiger partial charge in [-0.3, -0.25) is 14.9 Å². The molecule has 0 saturated heterocycles. The Morgan fingerprint density at radius 1 is 1.10 bits per heavy atom. The highest BCUT2D eigenvalue weighted by atomic mass is 35.5. The number of amides is 1. The predicted octanol–water partition coefficient (Wildman–Crippen LogP) is 6.17. The predicted molar refractivity (Wildman–Crippen MR) is 120 cm³/mol. The summed E-state index contributed by atoms with van der Waals surface area (Å²) in [6, 6.07) is 14.6. The summed E-state index contributed by atoms with van der Waals surface area (Å²) in [5.74, 6) is 0.204. The molecule has 0 bridgehead atoms. The fourth-order valence-corrected chi connectivity index (χ4v) is 3.29. The number of benzene rings is 3. The first kappa shape index (κ1) is 22.1. The lowest BCUT2D eigenvalue weighted by Gasteiger charge is -2.15. The summed E-state index contributed by atoms with van der Waals surface area (Å²) in [7, 11) is 1.43. The number of nitro groups is 1. The van der Waals surface area contributed by atoms with E-state index >= 15 is 0 Å². The van der Waals surface area contributed by atoms with E-state index in [1.54, 1.807) is 6.07 Å². The Kier molecular flexibility index (Phi) is 6.77. The van der Waals surface area contributed by atoms with Gasteiger partial charge in [0.1, 0.15) is 0 Å². The number of aryl methyl sites for hydroxylation is 2. The van der Waals surface area contributed by atoms with Crippen LogP contribution in [0.15, 0.2) is 54.6 Å². The number of halogens is 1. The summed E-state index contributed by atoms with van der Waals surface area (Å²) >= 11 is 5.85. The molecule has 0 aliphatic rings. The molecule has 0 heterocycles. The van der Waals surface area contributed by atoms with Crippen LogP contribution < -0.4 is 14.8 Å². The van der Waals surface area contributed by atoms with Gasteiger partial charge in [0, 0.05) is 22.3 Å². The number of para-hydroxylation sites is 1. The van der Waals surface area contributed by atoms with Crippen LogP contribution in [0.5, 0.6) is 17.2 Å². The lowest BCUT2D eigenvalue weighted by molar-refractivity contribution is -0.385. The van der Waals surface area contributed by atoms with Crippen LogP contribution in [0, 0.1) is 17.0 Å². The van der Waals surface area contributed by atoms with Crippen LogP contribution in [-0.2, 0) is 6.42 Å². The average molecular weight is 441 g/mol. The fourth-order valence-electron chi connectivity index (χ4n) is 3.12. The van der Waals surface area contributed by atoms with E-state index in [1.165, 1.54) is 37.4 Å². The number of carbonyl (C=O) groups excluding carboxylic acids is 1. The van der Waals surface area contributed by atoms with Crippen molar-refractivity contribution in [2.45, 2.75) is 20.3 Å². The Morgan fingerprint density at radius 3 is 2.52 bits per heavy atom. The Hall–Kier alpha value is -3.58. The summed E-state index contributed by atoms with van der Waals surface area (Å²) in [4.78, 5) is 23.6. The molecular formula is C23H21ClN2O5. The maximum Gasteiger partial charge on any atom is 0.313 e. The highest BCUT2D eigenvalue weighted by molar-refractivity contribution is 6.30. The lowest BCUT2D eigenvalue weighted by Crippen LogP contribution is -2.14. The van der Waals surface area contributed by atoms with Gasteiger partial charge in [0.2, 0.25) is 5.75 Å². The van der Waals surface area contributed by atoms with Crippen LogP contribution in [0.3, 0.4) is 0 Å².